The zero-order chi connectivity index (χ0) is 26.7. The Morgan fingerprint density at radius 2 is 1.69 bits per heavy atom. The fourth-order valence-electron chi connectivity index (χ4n) is 3.75. The Morgan fingerprint density at radius 1 is 1.03 bits per heavy atom. The summed E-state index contributed by atoms with van der Waals surface area (Å²) in [5.41, 5.74) is 5.15. The second-order valence-electron chi connectivity index (χ2n) is 8.61. The van der Waals surface area contributed by atoms with Gasteiger partial charge in [-0.3, -0.25) is 28.7 Å². The normalized spacial score (nSPS) is 11.6. The van der Waals surface area contributed by atoms with Crippen LogP contribution in [0.15, 0.2) is 39.9 Å². The van der Waals surface area contributed by atoms with Gasteiger partial charge in [0.2, 0.25) is 11.7 Å². The van der Waals surface area contributed by atoms with Crippen LogP contribution in [0.25, 0.3) is 0 Å². The summed E-state index contributed by atoms with van der Waals surface area (Å²) in [6.45, 7) is 5.96. The van der Waals surface area contributed by atoms with Gasteiger partial charge in [-0.05, 0) is 19.8 Å². The molecule has 1 atom stereocenters. The summed E-state index contributed by atoms with van der Waals surface area (Å²) in [6.07, 6.45) is 2.28. The first-order valence-electron chi connectivity index (χ1n) is 12.4. The molecule has 0 saturated heterocycles. The van der Waals surface area contributed by atoms with Crippen LogP contribution in [0.4, 0.5) is 11.5 Å². The van der Waals surface area contributed by atoms with E-state index >= 15 is 0 Å². The van der Waals surface area contributed by atoms with Crippen molar-refractivity contribution in [3.63, 3.8) is 0 Å². The highest BCUT2D eigenvalue weighted by molar-refractivity contribution is 6.00. The molecule has 196 valence electrons. The number of nitrogens with zero attached hydrogens (tertiary/aromatic N) is 2. The molecule has 0 aliphatic rings. The van der Waals surface area contributed by atoms with Crippen molar-refractivity contribution in [3.8, 4) is 0 Å². The maximum Gasteiger partial charge on any atom is 0.330 e. The molecule has 10 heteroatoms. The molecular formula is C26H36N4O6. The lowest BCUT2D eigenvalue weighted by atomic mass is 10.1. The van der Waals surface area contributed by atoms with Crippen molar-refractivity contribution in [2.45, 2.75) is 78.4 Å². The Morgan fingerprint density at radius 3 is 2.33 bits per heavy atom. The van der Waals surface area contributed by atoms with Gasteiger partial charge in [0.25, 0.3) is 5.56 Å². The van der Waals surface area contributed by atoms with Gasteiger partial charge in [-0.1, -0.05) is 63.4 Å². The van der Waals surface area contributed by atoms with Crippen LogP contribution in [0.1, 0.15) is 76.1 Å². The summed E-state index contributed by atoms with van der Waals surface area (Å²) < 4.78 is 6.49. The Labute approximate surface area is 210 Å². The highest BCUT2D eigenvalue weighted by Gasteiger charge is 2.25. The van der Waals surface area contributed by atoms with Crippen molar-refractivity contribution >= 4 is 29.2 Å². The fourth-order valence-corrected chi connectivity index (χ4v) is 3.75. The molecule has 36 heavy (non-hydrogen) atoms. The van der Waals surface area contributed by atoms with E-state index in [2.05, 4.69) is 4.98 Å². The highest BCUT2D eigenvalue weighted by atomic mass is 16.5. The van der Waals surface area contributed by atoms with Crippen LogP contribution in [0.5, 0.6) is 0 Å². The fraction of sp³-hybridized carbons (Fsp3) is 0.500. The Bertz CT molecular complexity index is 1160. The second-order valence-corrected chi connectivity index (χ2v) is 8.61. The molecule has 1 aromatic heterocycles. The molecule has 1 amide bonds. The molecule has 2 aromatic rings. The summed E-state index contributed by atoms with van der Waals surface area (Å²) in [5.74, 6) is -1.62. The van der Waals surface area contributed by atoms with E-state index in [-0.39, 0.29) is 36.7 Å². The summed E-state index contributed by atoms with van der Waals surface area (Å²) in [4.78, 5) is 66.4. The van der Waals surface area contributed by atoms with Gasteiger partial charge >= 0.3 is 11.7 Å². The molecule has 0 spiro atoms. The minimum Gasteiger partial charge on any atom is -0.454 e. The van der Waals surface area contributed by atoms with Crippen LogP contribution in [-0.2, 0) is 20.9 Å². The van der Waals surface area contributed by atoms with Crippen molar-refractivity contribution in [1.29, 1.82) is 0 Å². The van der Waals surface area contributed by atoms with Gasteiger partial charge in [0.1, 0.15) is 5.82 Å². The van der Waals surface area contributed by atoms with E-state index in [1.165, 1.54) is 16.4 Å². The number of anilines is 2. The molecular weight excluding hydrogens is 464 g/mol. The van der Waals surface area contributed by atoms with Crippen LogP contribution in [-0.4, -0.2) is 39.9 Å². The molecule has 3 N–H and O–H groups in total. The van der Waals surface area contributed by atoms with E-state index in [1.54, 1.807) is 30.3 Å². The quantitative estimate of drug-likeness (QED) is 0.230. The second kappa shape index (κ2) is 14.0. The summed E-state index contributed by atoms with van der Waals surface area (Å²) in [5, 5.41) is 0. The average molecular weight is 501 g/mol. The maximum absolute atomic E-state index is 13.2. The number of nitrogens with two attached hydrogens (primary N) is 1. The Kier molecular flexibility index (Phi) is 11.1. The van der Waals surface area contributed by atoms with Crippen molar-refractivity contribution in [3.05, 3.63) is 56.7 Å². The zero-order valence-electron chi connectivity index (χ0n) is 21.2. The third-order valence-electron chi connectivity index (χ3n) is 5.78. The number of carbonyl (C=O) groups is 3. The molecule has 0 radical (unpaired) electrons. The molecule has 1 heterocycles. The molecule has 0 aliphatic carbocycles. The van der Waals surface area contributed by atoms with E-state index < -0.39 is 29.2 Å². The third-order valence-corrected chi connectivity index (χ3v) is 5.78. The SMILES string of the molecule is CCCCCN(C(=O)CCC(=O)O[C@@H](C)C(=O)c1ccccc1)c1c(N)n(CCCC)c(=O)[nH]c1=O. The molecule has 1 aromatic carbocycles. The molecule has 10 nitrogen and oxygen atoms in total. The highest BCUT2D eigenvalue weighted by Crippen LogP contribution is 2.20. The number of aromatic nitrogens is 2. The van der Waals surface area contributed by atoms with Crippen LogP contribution in [0.3, 0.4) is 0 Å². The minimum atomic E-state index is -1.00. The van der Waals surface area contributed by atoms with Crippen molar-refractivity contribution in [2.75, 3.05) is 17.2 Å². The van der Waals surface area contributed by atoms with Gasteiger partial charge in [0, 0.05) is 25.1 Å². The van der Waals surface area contributed by atoms with Crippen molar-refractivity contribution < 1.29 is 19.1 Å². The van der Waals surface area contributed by atoms with E-state index in [9.17, 15) is 24.0 Å². The number of rotatable bonds is 14. The van der Waals surface area contributed by atoms with Crippen LogP contribution in [0.2, 0.25) is 0 Å². The van der Waals surface area contributed by atoms with Gasteiger partial charge < -0.3 is 15.4 Å². The summed E-state index contributed by atoms with van der Waals surface area (Å²) >= 11 is 0. The Balaban J connectivity index is 2.16. The van der Waals surface area contributed by atoms with Gasteiger partial charge in [0.15, 0.2) is 11.8 Å². The predicted molar refractivity (Wildman–Crippen MR) is 138 cm³/mol. The summed E-state index contributed by atoms with van der Waals surface area (Å²) in [7, 11) is 0. The first kappa shape index (κ1) is 28.5. The van der Waals surface area contributed by atoms with Gasteiger partial charge in [-0.15, -0.1) is 0 Å². The van der Waals surface area contributed by atoms with Crippen LogP contribution >= 0.6 is 0 Å². The number of carbonyl (C=O) groups excluding carboxylic acids is 3. The first-order valence-corrected chi connectivity index (χ1v) is 12.4. The van der Waals surface area contributed by atoms with E-state index in [1.807, 2.05) is 13.8 Å². The largest absolute Gasteiger partial charge is 0.454 e. The number of esters is 1. The number of hydrogen-bond donors (Lipinski definition) is 2. The summed E-state index contributed by atoms with van der Waals surface area (Å²) in [6, 6.07) is 8.47. The number of H-pyrrole nitrogens is 1. The number of aromatic amines is 1. The molecule has 0 saturated carbocycles. The number of nitrogens with one attached hydrogen (secondary N) is 1. The maximum atomic E-state index is 13.2. The van der Waals surface area contributed by atoms with Gasteiger partial charge in [-0.2, -0.15) is 0 Å². The first-order chi connectivity index (χ1) is 17.2. The van der Waals surface area contributed by atoms with E-state index in [0.717, 1.165) is 19.3 Å². The topological polar surface area (TPSA) is 145 Å². The number of unbranched alkanes of at least 4 members (excludes halogenated alkanes) is 3. The monoisotopic (exact) mass is 500 g/mol. The molecule has 0 bridgehead atoms. The zero-order valence-corrected chi connectivity index (χ0v) is 21.2. The number of ether oxygens (including phenoxy) is 1. The van der Waals surface area contributed by atoms with E-state index in [4.69, 9.17) is 10.5 Å². The lowest BCUT2D eigenvalue weighted by molar-refractivity contribution is -0.147. The smallest absolute Gasteiger partial charge is 0.330 e. The number of ketones is 1. The number of hydrogen-bond acceptors (Lipinski definition) is 7. The number of nitrogen functional groups attached to an aromatic ring is 1. The lowest BCUT2D eigenvalue weighted by Crippen LogP contribution is -2.41. The minimum absolute atomic E-state index is 0.0771. The molecule has 2 rings (SSSR count). The molecule has 0 unspecified atom stereocenters. The molecule has 0 aliphatic heterocycles. The average Bonchev–Trinajstić information content (AvgIpc) is 2.86. The third kappa shape index (κ3) is 7.66. The standard InChI is InChI=1S/C26H36N4O6/c1-4-6-11-17-29(22-24(27)30(16-7-5-2)26(35)28-25(22)34)20(31)14-15-21(32)36-18(3)23(33)19-12-9-8-10-13-19/h8-10,12-13,18H,4-7,11,14-17,27H2,1-3H3,(H,28,34,35)/t18-/m0/s1. The van der Waals surface area contributed by atoms with Crippen molar-refractivity contribution in [2.24, 2.45) is 0 Å². The number of amides is 1. The molecule has 0 fully saturated rings. The Hall–Kier alpha value is -3.69. The lowest BCUT2D eigenvalue weighted by Gasteiger charge is -2.24. The van der Waals surface area contributed by atoms with Gasteiger partial charge in [-0.25, -0.2) is 4.79 Å². The van der Waals surface area contributed by atoms with Crippen LogP contribution in [0, 0.1) is 0 Å². The van der Waals surface area contributed by atoms with E-state index in [0.29, 0.717) is 24.9 Å². The van der Waals surface area contributed by atoms with Gasteiger partial charge in [0.05, 0.1) is 6.42 Å². The number of benzene rings is 1. The van der Waals surface area contributed by atoms with Crippen LogP contribution < -0.4 is 21.9 Å². The number of Topliss-reactive ketones (excluding diaryl/α,β-unsaturated/α-hetero) is 1. The predicted octanol–water partition coefficient (Wildman–Crippen LogP) is 3.04. The van der Waals surface area contributed by atoms with Crippen molar-refractivity contribution in [1.82, 2.24) is 9.55 Å².